The second-order valence-electron chi connectivity index (χ2n) is 3.33. The SMILES string of the molecule is CC(C)CC(C#N)c1cccs1. The molecule has 0 aliphatic carbocycles. The van der Waals surface area contributed by atoms with E-state index in [1.807, 2.05) is 17.5 Å². The molecule has 12 heavy (non-hydrogen) atoms. The van der Waals surface area contributed by atoms with Crippen LogP contribution in [0.2, 0.25) is 0 Å². The summed E-state index contributed by atoms with van der Waals surface area (Å²) in [6.07, 6.45) is 0.969. The summed E-state index contributed by atoms with van der Waals surface area (Å²) in [5, 5.41) is 10.9. The highest BCUT2D eigenvalue weighted by Gasteiger charge is 2.12. The van der Waals surface area contributed by atoms with Gasteiger partial charge in [0.1, 0.15) is 0 Å². The monoisotopic (exact) mass is 179 g/mol. The normalized spacial score (nSPS) is 12.8. The molecule has 0 aliphatic heterocycles. The predicted octanol–water partition coefficient (Wildman–Crippen LogP) is 3.40. The molecule has 0 radical (unpaired) electrons. The Morgan fingerprint density at radius 1 is 1.58 bits per heavy atom. The van der Waals surface area contributed by atoms with Crippen molar-refractivity contribution in [3.8, 4) is 6.07 Å². The van der Waals surface area contributed by atoms with E-state index >= 15 is 0 Å². The van der Waals surface area contributed by atoms with Gasteiger partial charge in [-0.2, -0.15) is 5.26 Å². The van der Waals surface area contributed by atoms with E-state index in [2.05, 4.69) is 19.9 Å². The summed E-state index contributed by atoms with van der Waals surface area (Å²) in [6, 6.07) is 6.39. The fraction of sp³-hybridized carbons (Fsp3) is 0.500. The molecule has 0 fully saturated rings. The Morgan fingerprint density at radius 3 is 2.75 bits per heavy atom. The fourth-order valence-corrected chi connectivity index (χ4v) is 1.98. The van der Waals surface area contributed by atoms with Crippen LogP contribution in [0.3, 0.4) is 0 Å². The summed E-state index contributed by atoms with van der Waals surface area (Å²) in [7, 11) is 0. The first-order valence-electron chi connectivity index (χ1n) is 4.17. The molecule has 1 aromatic heterocycles. The minimum absolute atomic E-state index is 0.102. The number of hydrogen-bond acceptors (Lipinski definition) is 2. The van der Waals surface area contributed by atoms with E-state index in [0.29, 0.717) is 5.92 Å². The summed E-state index contributed by atoms with van der Waals surface area (Å²) < 4.78 is 0. The highest BCUT2D eigenvalue weighted by atomic mass is 32.1. The number of nitriles is 1. The van der Waals surface area contributed by atoms with Crippen molar-refractivity contribution in [1.82, 2.24) is 0 Å². The van der Waals surface area contributed by atoms with Gasteiger partial charge in [0.2, 0.25) is 0 Å². The molecule has 1 aromatic rings. The van der Waals surface area contributed by atoms with E-state index in [4.69, 9.17) is 5.26 Å². The average molecular weight is 179 g/mol. The van der Waals surface area contributed by atoms with Crippen LogP contribution in [0.4, 0.5) is 0 Å². The molecule has 0 aliphatic rings. The Bertz CT molecular complexity index is 256. The second-order valence-corrected chi connectivity index (χ2v) is 4.31. The van der Waals surface area contributed by atoms with Gasteiger partial charge in [0, 0.05) is 4.88 Å². The molecule has 1 nitrogen and oxygen atoms in total. The van der Waals surface area contributed by atoms with E-state index < -0.39 is 0 Å². The van der Waals surface area contributed by atoms with Crippen molar-refractivity contribution in [1.29, 1.82) is 5.26 Å². The van der Waals surface area contributed by atoms with E-state index in [0.717, 1.165) is 6.42 Å². The molecule has 0 spiro atoms. The van der Waals surface area contributed by atoms with Gasteiger partial charge in [0.15, 0.2) is 0 Å². The molecule has 0 saturated carbocycles. The van der Waals surface area contributed by atoms with Gasteiger partial charge in [-0.1, -0.05) is 19.9 Å². The van der Waals surface area contributed by atoms with Gasteiger partial charge in [-0.05, 0) is 23.8 Å². The topological polar surface area (TPSA) is 23.8 Å². The highest BCUT2D eigenvalue weighted by Crippen LogP contribution is 2.26. The summed E-state index contributed by atoms with van der Waals surface area (Å²) in [6.45, 7) is 4.30. The largest absolute Gasteiger partial charge is 0.198 e. The Kier molecular flexibility index (Phi) is 3.31. The zero-order valence-corrected chi connectivity index (χ0v) is 8.27. The summed E-state index contributed by atoms with van der Waals surface area (Å²) in [5.74, 6) is 0.696. The van der Waals surface area contributed by atoms with Gasteiger partial charge in [0.25, 0.3) is 0 Å². The lowest BCUT2D eigenvalue weighted by atomic mass is 9.97. The highest BCUT2D eigenvalue weighted by molar-refractivity contribution is 7.10. The zero-order chi connectivity index (χ0) is 8.97. The third-order valence-electron chi connectivity index (χ3n) is 1.75. The maximum atomic E-state index is 8.90. The molecule has 0 aromatic carbocycles. The summed E-state index contributed by atoms with van der Waals surface area (Å²) in [4.78, 5) is 1.20. The lowest BCUT2D eigenvalue weighted by molar-refractivity contribution is 0.559. The number of nitrogens with zero attached hydrogens (tertiary/aromatic N) is 1. The Labute approximate surface area is 77.7 Å². The molecular formula is C10H13NS. The van der Waals surface area contributed by atoms with Crippen molar-refractivity contribution in [2.45, 2.75) is 26.2 Å². The zero-order valence-electron chi connectivity index (χ0n) is 7.45. The standard InChI is InChI=1S/C10H13NS/c1-8(2)6-9(7-11)10-4-3-5-12-10/h3-5,8-9H,6H2,1-2H3. The van der Waals surface area contributed by atoms with E-state index in [1.54, 1.807) is 11.3 Å². The van der Waals surface area contributed by atoms with Crippen LogP contribution in [0.25, 0.3) is 0 Å². The quantitative estimate of drug-likeness (QED) is 0.697. The van der Waals surface area contributed by atoms with Crippen LogP contribution in [0.15, 0.2) is 17.5 Å². The van der Waals surface area contributed by atoms with Crippen LogP contribution in [-0.2, 0) is 0 Å². The first-order chi connectivity index (χ1) is 5.74. The van der Waals surface area contributed by atoms with Crippen molar-refractivity contribution in [2.75, 3.05) is 0 Å². The molecule has 0 N–H and O–H groups in total. The first kappa shape index (κ1) is 9.28. The van der Waals surface area contributed by atoms with Crippen molar-refractivity contribution >= 4 is 11.3 Å². The van der Waals surface area contributed by atoms with Gasteiger partial charge in [-0.25, -0.2) is 0 Å². The Balaban J connectivity index is 2.65. The van der Waals surface area contributed by atoms with Gasteiger partial charge in [-0.3, -0.25) is 0 Å². The molecule has 1 unspecified atom stereocenters. The van der Waals surface area contributed by atoms with Crippen LogP contribution in [0.5, 0.6) is 0 Å². The summed E-state index contributed by atoms with van der Waals surface area (Å²) >= 11 is 1.68. The van der Waals surface area contributed by atoms with Crippen LogP contribution in [-0.4, -0.2) is 0 Å². The van der Waals surface area contributed by atoms with Crippen LogP contribution in [0, 0.1) is 17.2 Å². The van der Waals surface area contributed by atoms with Gasteiger partial charge in [0.05, 0.1) is 12.0 Å². The van der Waals surface area contributed by atoms with Crippen molar-refractivity contribution in [3.05, 3.63) is 22.4 Å². The minimum Gasteiger partial charge on any atom is -0.198 e. The van der Waals surface area contributed by atoms with Crippen molar-refractivity contribution < 1.29 is 0 Å². The molecule has 0 amide bonds. The predicted molar refractivity (Wildman–Crippen MR) is 52.1 cm³/mol. The number of rotatable bonds is 3. The van der Waals surface area contributed by atoms with Crippen molar-refractivity contribution in [3.63, 3.8) is 0 Å². The van der Waals surface area contributed by atoms with Gasteiger partial charge < -0.3 is 0 Å². The second kappa shape index (κ2) is 4.27. The molecule has 0 bridgehead atoms. The van der Waals surface area contributed by atoms with Gasteiger partial charge >= 0.3 is 0 Å². The third-order valence-corrected chi connectivity index (χ3v) is 2.74. The van der Waals surface area contributed by atoms with E-state index in [1.165, 1.54) is 4.88 Å². The van der Waals surface area contributed by atoms with Crippen molar-refractivity contribution in [2.24, 2.45) is 5.92 Å². The number of hydrogen-bond donors (Lipinski definition) is 0. The van der Waals surface area contributed by atoms with E-state index in [-0.39, 0.29) is 5.92 Å². The maximum Gasteiger partial charge on any atom is 0.0808 e. The summed E-state index contributed by atoms with van der Waals surface area (Å²) in [5.41, 5.74) is 0. The Morgan fingerprint density at radius 2 is 2.33 bits per heavy atom. The molecule has 1 heterocycles. The Hall–Kier alpha value is -0.810. The number of thiophene rings is 1. The average Bonchev–Trinajstić information content (AvgIpc) is 2.51. The third kappa shape index (κ3) is 2.35. The molecular weight excluding hydrogens is 166 g/mol. The molecule has 1 atom stereocenters. The molecule has 0 saturated heterocycles. The first-order valence-corrected chi connectivity index (χ1v) is 5.05. The lowest BCUT2D eigenvalue weighted by Gasteiger charge is -2.08. The maximum absolute atomic E-state index is 8.90. The molecule has 1 rings (SSSR count). The minimum atomic E-state index is 0.102. The van der Waals surface area contributed by atoms with Crippen LogP contribution >= 0.6 is 11.3 Å². The fourth-order valence-electron chi connectivity index (χ4n) is 1.19. The van der Waals surface area contributed by atoms with Crippen LogP contribution in [0.1, 0.15) is 31.1 Å². The molecule has 64 valence electrons. The molecule has 2 heteroatoms. The van der Waals surface area contributed by atoms with Crippen LogP contribution < -0.4 is 0 Å². The van der Waals surface area contributed by atoms with E-state index in [9.17, 15) is 0 Å². The smallest absolute Gasteiger partial charge is 0.0808 e. The lowest BCUT2D eigenvalue weighted by Crippen LogP contribution is -1.97. The van der Waals surface area contributed by atoms with Gasteiger partial charge in [-0.15, -0.1) is 11.3 Å².